The molecule has 2 rings (SSSR count). The number of likely N-dealkylation sites (N-methyl/N-ethyl adjacent to an activating group) is 1. The Labute approximate surface area is 149 Å². The Balaban J connectivity index is 2.13. The standard InChI is InChI=1S/C14H18N4O5S2/c1-4-23-13(20)11-7-10(8-17(11)2)25(21,22)18(3)9-12(19)16-14-15-5-6-24-14/h5-8H,4,9H2,1-3H3,(H,15,16,19). The molecule has 0 aliphatic rings. The van der Waals surface area contributed by atoms with Crippen LogP contribution in [0.2, 0.25) is 0 Å². The van der Waals surface area contributed by atoms with Gasteiger partial charge >= 0.3 is 5.97 Å². The number of rotatable bonds is 7. The highest BCUT2D eigenvalue weighted by atomic mass is 32.2. The lowest BCUT2D eigenvalue weighted by Gasteiger charge is -2.15. The molecule has 0 fully saturated rings. The molecule has 0 atom stereocenters. The highest BCUT2D eigenvalue weighted by Gasteiger charge is 2.26. The number of ether oxygens (including phenoxy) is 1. The molecule has 136 valence electrons. The van der Waals surface area contributed by atoms with Gasteiger partial charge in [0, 0.05) is 31.9 Å². The number of hydrogen-bond donors (Lipinski definition) is 1. The SMILES string of the molecule is CCOC(=O)c1cc(S(=O)(=O)N(C)CC(=O)Nc2nccs2)cn1C. The predicted octanol–water partition coefficient (Wildman–Crippen LogP) is 0.917. The first-order valence-corrected chi connectivity index (χ1v) is 9.56. The maximum atomic E-state index is 12.6. The van der Waals surface area contributed by atoms with Crippen LogP contribution in [-0.4, -0.2) is 54.3 Å². The number of aryl methyl sites for hydroxylation is 1. The fourth-order valence-electron chi connectivity index (χ4n) is 1.99. The minimum absolute atomic E-state index is 0.0948. The average molecular weight is 386 g/mol. The van der Waals surface area contributed by atoms with Gasteiger partial charge in [0.1, 0.15) is 10.6 Å². The second-order valence-corrected chi connectivity index (χ2v) is 7.98. The molecule has 0 aliphatic heterocycles. The van der Waals surface area contributed by atoms with Gasteiger partial charge < -0.3 is 14.6 Å². The van der Waals surface area contributed by atoms with Gasteiger partial charge in [-0.05, 0) is 13.0 Å². The molecule has 2 heterocycles. The van der Waals surface area contributed by atoms with Crippen LogP contribution in [0.15, 0.2) is 28.7 Å². The van der Waals surface area contributed by atoms with E-state index in [0.717, 1.165) is 4.31 Å². The summed E-state index contributed by atoms with van der Waals surface area (Å²) in [6.45, 7) is 1.46. The predicted molar refractivity (Wildman–Crippen MR) is 91.9 cm³/mol. The Morgan fingerprint density at radius 3 is 2.76 bits per heavy atom. The maximum absolute atomic E-state index is 12.6. The summed E-state index contributed by atoms with van der Waals surface area (Å²) in [4.78, 5) is 27.5. The van der Waals surface area contributed by atoms with E-state index in [4.69, 9.17) is 4.74 Å². The van der Waals surface area contributed by atoms with Crippen LogP contribution in [0.4, 0.5) is 5.13 Å². The van der Waals surface area contributed by atoms with E-state index in [0.29, 0.717) is 5.13 Å². The number of amides is 1. The Morgan fingerprint density at radius 1 is 1.44 bits per heavy atom. The van der Waals surface area contributed by atoms with Crippen LogP contribution >= 0.6 is 11.3 Å². The Kier molecular flexibility index (Phi) is 5.93. The summed E-state index contributed by atoms with van der Waals surface area (Å²) in [6.07, 6.45) is 2.83. The molecule has 0 bridgehead atoms. The zero-order valence-corrected chi connectivity index (χ0v) is 15.6. The fraction of sp³-hybridized carbons (Fsp3) is 0.357. The molecule has 0 unspecified atom stereocenters. The molecule has 1 amide bonds. The third-order valence-corrected chi connectivity index (χ3v) is 5.67. The number of nitrogens with one attached hydrogen (secondary N) is 1. The minimum atomic E-state index is -3.94. The van der Waals surface area contributed by atoms with Gasteiger partial charge in [0.05, 0.1) is 13.2 Å². The van der Waals surface area contributed by atoms with Crippen molar-refractivity contribution in [3.05, 3.63) is 29.5 Å². The quantitative estimate of drug-likeness (QED) is 0.709. The van der Waals surface area contributed by atoms with Gasteiger partial charge in [-0.3, -0.25) is 4.79 Å². The van der Waals surface area contributed by atoms with Gasteiger partial charge in [0.25, 0.3) is 0 Å². The van der Waals surface area contributed by atoms with Gasteiger partial charge in [-0.25, -0.2) is 18.2 Å². The Bertz CT molecular complexity index is 858. The summed E-state index contributed by atoms with van der Waals surface area (Å²) in [5.41, 5.74) is 0.112. The van der Waals surface area contributed by atoms with Crippen molar-refractivity contribution in [2.75, 3.05) is 25.5 Å². The average Bonchev–Trinajstić information content (AvgIpc) is 3.17. The summed E-state index contributed by atoms with van der Waals surface area (Å²) in [5.74, 6) is -1.13. The van der Waals surface area contributed by atoms with E-state index in [1.165, 1.54) is 41.4 Å². The van der Waals surface area contributed by atoms with E-state index >= 15 is 0 Å². The molecule has 2 aromatic heterocycles. The molecule has 0 saturated heterocycles. The largest absolute Gasteiger partial charge is 0.461 e. The van der Waals surface area contributed by atoms with Crippen molar-refractivity contribution in [2.45, 2.75) is 11.8 Å². The van der Waals surface area contributed by atoms with Crippen LogP contribution in [0, 0.1) is 0 Å². The first-order valence-electron chi connectivity index (χ1n) is 7.25. The number of aromatic nitrogens is 2. The smallest absolute Gasteiger partial charge is 0.354 e. The van der Waals surface area contributed by atoms with Crippen molar-refractivity contribution in [1.82, 2.24) is 13.9 Å². The van der Waals surface area contributed by atoms with Gasteiger partial charge in [-0.2, -0.15) is 4.31 Å². The lowest BCUT2D eigenvalue weighted by molar-refractivity contribution is -0.116. The Hall–Kier alpha value is -2.24. The molecule has 9 nitrogen and oxygen atoms in total. The Morgan fingerprint density at radius 2 is 2.16 bits per heavy atom. The molecule has 0 spiro atoms. The summed E-state index contributed by atoms with van der Waals surface area (Å²) in [7, 11) is -1.11. The second-order valence-electron chi connectivity index (χ2n) is 5.04. The second kappa shape index (κ2) is 7.76. The van der Waals surface area contributed by atoms with Gasteiger partial charge in [-0.1, -0.05) is 0 Å². The molecule has 1 N–H and O–H groups in total. The van der Waals surface area contributed by atoms with Crippen molar-refractivity contribution in [3.8, 4) is 0 Å². The van der Waals surface area contributed by atoms with Crippen LogP contribution < -0.4 is 5.32 Å². The number of carbonyl (C=O) groups is 2. The fourth-order valence-corrected chi connectivity index (χ4v) is 3.74. The zero-order valence-electron chi connectivity index (χ0n) is 13.9. The van der Waals surface area contributed by atoms with Gasteiger partial charge in [0.2, 0.25) is 15.9 Å². The number of nitrogens with zero attached hydrogens (tertiary/aromatic N) is 3. The van der Waals surface area contributed by atoms with Crippen LogP contribution in [0.5, 0.6) is 0 Å². The van der Waals surface area contributed by atoms with Crippen LogP contribution in [0.25, 0.3) is 0 Å². The first-order chi connectivity index (χ1) is 11.8. The molecule has 0 radical (unpaired) electrons. The number of anilines is 1. The number of thiazole rings is 1. The van der Waals surface area contributed by atoms with Crippen molar-refractivity contribution < 1.29 is 22.7 Å². The number of esters is 1. The number of carbonyl (C=O) groups excluding carboxylic acids is 2. The van der Waals surface area contributed by atoms with Crippen LogP contribution in [0.3, 0.4) is 0 Å². The topological polar surface area (TPSA) is 111 Å². The van der Waals surface area contributed by atoms with Crippen molar-refractivity contribution >= 4 is 38.4 Å². The van der Waals surface area contributed by atoms with Crippen molar-refractivity contribution in [3.63, 3.8) is 0 Å². The summed E-state index contributed by atoms with van der Waals surface area (Å²) < 4.78 is 32.3. The first kappa shape index (κ1) is 19.1. The zero-order chi connectivity index (χ0) is 18.6. The molecule has 2 aromatic rings. The third-order valence-electron chi connectivity index (χ3n) is 3.22. The normalized spacial score (nSPS) is 11.5. The molecule has 25 heavy (non-hydrogen) atoms. The van der Waals surface area contributed by atoms with E-state index in [1.807, 2.05) is 0 Å². The highest BCUT2D eigenvalue weighted by Crippen LogP contribution is 2.18. The molecule has 0 aromatic carbocycles. The minimum Gasteiger partial charge on any atom is -0.461 e. The molecule has 0 saturated carbocycles. The summed E-state index contributed by atoms with van der Waals surface area (Å²) in [5, 5.41) is 4.59. The number of sulfonamides is 1. The lowest BCUT2D eigenvalue weighted by atomic mass is 10.4. The van der Waals surface area contributed by atoms with Gasteiger partial charge in [0.15, 0.2) is 5.13 Å². The summed E-state index contributed by atoms with van der Waals surface area (Å²) in [6, 6.07) is 1.22. The van der Waals surface area contributed by atoms with Crippen molar-refractivity contribution in [1.29, 1.82) is 0 Å². The van der Waals surface area contributed by atoms with E-state index in [2.05, 4.69) is 10.3 Å². The molecular formula is C14H18N4O5S2. The van der Waals surface area contributed by atoms with E-state index in [9.17, 15) is 18.0 Å². The van der Waals surface area contributed by atoms with E-state index in [1.54, 1.807) is 19.4 Å². The van der Waals surface area contributed by atoms with E-state index in [-0.39, 0.29) is 23.7 Å². The van der Waals surface area contributed by atoms with Crippen LogP contribution in [0.1, 0.15) is 17.4 Å². The van der Waals surface area contributed by atoms with E-state index < -0.39 is 21.9 Å². The molecule has 11 heteroatoms. The van der Waals surface area contributed by atoms with Gasteiger partial charge in [-0.15, -0.1) is 11.3 Å². The lowest BCUT2D eigenvalue weighted by Crippen LogP contribution is -2.34. The summed E-state index contributed by atoms with van der Waals surface area (Å²) >= 11 is 1.23. The molecule has 0 aliphatic carbocycles. The highest BCUT2D eigenvalue weighted by molar-refractivity contribution is 7.89. The molecular weight excluding hydrogens is 368 g/mol. The van der Waals surface area contributed by atoms with Crippen molar-refractivity contribution in [2.24, 2.45) is 7.05 Å². The third kappa shape index (κ3) is 4.44. The van der Waals surface area contributed by atoms with Crippen LogP contribution in [-0.2, 0) is 26.6 Å². The number of hydrogen-bond acceptors (Lipinski definition) is 7. The monoisotopic (exact) mass is 386 g/mol. The maximum Gasteiger partial charge on any atom is 0.354 e.